The van der Waals surface area contributed by atoms with Crippen LogP contribution in [0.3, 0.4) is 0 Å². The van der Waals surface area contributed by atoms with Crippen molar-refractivity contribution in [3.05, 3.63) is 64.1 Å². The van der Waals surface area contributed by atoms with Gasteiger partial charge in [0.05, 0.1) is 35.2 Å². The van der Waals surface area contributed by atoms with E-state index in [1.807, 2.05) is 44.2 Å². The molecule has 0 aliphatic carbocycles. The van der Waals surface area contributed by atoms with Crippen LogP contribution >= 0.6 is 22.9 Å². The number of esters is 1. The van der Waals surface area contributed by atoms with Crippen molar-refractivity contribution in [2.75, 3.05) is 18.1 Å². The molecule has 7 nitrogen and oxygen atoms in total. The molecule has 1 aromatic heterocycles. The summed E-state index contributed by atoms with van der Waals surface area (Å²) in [6.07, 6.45) is 0.812. The molecule has 0 radical (unpaired) electrons. The Morgan fingerprint density at radius 3 is 2.55 bits per heavy atom. The van der Waals surface area contributed by atoms with Crippen molar-refractivity contribution in [3.63, 3.8) is 0 Å². The van der Waals surface area contributed by atoms with Crippen molar-refractivity contribution in [3.8, 4) is 11.5 Å². The Morgan fingerprint density at radius 1 is 1.12 bits per heavy atom. The molecule has 0 atom stereocenters. The summed E-state index contributed by atoms with van der Waals surface area (Å²) in [6.45, 7) is 6.12. The highest BCUT2D eigenvalue weighted by molar-refractivity contribution is 7.14. The third-order valence-corrected chi connectivity index (χ3v) is 5.56. The SMILES string of the molecule is CCCOc1c(Cl)cc(C(=O)OCc2csc(N(C(C)=O)c3ccccc3)n2)cc1OCC. The molecule has 33 heavy (non-hydrogen) atoms. The van der Waals surface area contributed by atoms with E-state index in [0.29, 0.717) is 41.2 Å². The summed E-state index contributed by atoms with van der Waals surface area (Å²) >= 11 is 7.63. The van der Waals surface area contributed by atoms with Gasteiger partial charge in [0.25, 0.3) is 0 Å². The van der Waals surface area contributed by atoms with Gasteiger partial charge in [-0.05, 0) is 37.6 Å². The number of halogens is 1. The van der Waals surface area contributed by atoms with E-state index in [1.165, 1.54) is 29.2 Å². The van der Waals surface area contributed by atoms with Crippen LogP contribution < -0.4 is 14.4 Å². The minimum atomic E-state index is -0.569. The molecule has 3 aromatic rings. The second-order valence-electron chi connectivity index (χ2n) is 6.95. The molecule has 0 aliphatic rings. The van der Waals surface area contributed by atoms with Gasteiger partial charge in [-0.3, -0.25) is 9.69 Å². The summed E-state index contributed by atoms with van der Waals surface area (Å²) in [5.74, 6) is 0.0658. The molecule has 1 amide bonds. The number of hydrogen-bond donors (Lipinski definition) is 0. The molecular formula is C24H25ClN2O5S. The van der Waals surface area contributed by atoms with Gasteiger partial charge in [-0.1, -0.05) is 36.7 Å². The van der Waals surface area contributed by atoms with E-state index in [4.69, 9.17) is 25.8 Å². The zero-order valence-electron chi connectivity index (χ0n) is 18.7. The number of thiazole rings is 1. The molecule has 0 saturated carbocycles. The van der Waals surface area contributed by atoms with Crippen LogP contribution in [0.2, 0.25) is 5.02 Å². The third kappa shape index (κ3) is 6.24. The molecule has 0 saturated heterocycles. The average molecular weight is 489 g/mol. The second kappa shape index (κ2) is 11.7. The average Bonchev–Trinajstić information content (AvgIpc) is 3.26. The van der Waals surface area contributed by atoms with E-state index in [9.17, 15) is 9.59 Å². The highest BCUT2D eigenvalue weighted by atomic mass is 35.5. The Bertz CT molecular complexity index is 1100. The fourth-order valence-electron chi connectivity index (χ4n) is 2.99. The van der Waals surface area contributed by atoms with Crippen LogP contribution in [-0.4, -0.2) is 30.1 Å². The van der Waals surface area contributed by atoms with Crippen LogP contribution in [0.1, 0.15) is 43.2 Å². The van der Waals surface area contributed by atoms with Crippen LogP contribution in [0.4, 0.5) is 10.8 Å². The Labute approximate surface area is 201 Å². The van der Waals surface area contributed by atoms with E-state index >= 15 is 0 Å². The zero-order chi connectivity index (χ0) is 23.8. The van der Waals surface area contributed by atoms with E-state index < -0.39 is 5.97 Å². The van der Waals surface area contributed by atoms with E-state index in [0.717, 1.165) is 6.42 Å². The van der Waals surface area contributed by atoms with Gasteiger partial charge in [-0.2, -0.15) is 0 Å². The molecule has 0 unspecified atom stereocenters. The molecule has 1 heterocycles. The summed E-state index contributed by atoms with van der Waals surface area (Å²) < 4.78 is 16.7. The van der Waals surface area contributed by atoms with Gasteiger partial charge in [-0.15, -0.1) is 11.3 Å². The number of ether oxygens (including phenoxy) is 3. The first-order valence-corrected chi connectivity index (χ1v) is 11.8. The van der Waals surface area contributed by atoms with Crippen LogP contribution in [0.25, 0.3) is 0 Å². The van der Waals surface area contributed by atoms with Crippen molar-refractivity contribution in [1.82, 2.24) is 4.98 Å². The van der Waals surface area contributed by atoms with Crippen LogP contribution in [0.5, 0.6) is 11.5 Å². The predicted molar refractivity (Wildman–Crippen MR) is 129 cm³/mol. The number of anilines is 2. The molecule has 0 fully saturated rings. The molecule has 9 heteroatoms. The number of benzene rings is 2. The molecule has 174 valence electrons. The van der Waals surface area contributed by atoms with Gasteiger partial charge in [0.2, 0.25) is 5.91 Å². The van der Waals surface area contributed by atoms with Gasteiger partial charge >= 0.3 is 5.97 Å². The summed E-state index contributed by atoms with van der Waals surface area (Å²) in [6, 6.07) is 12.3. The lowest BCUT2D eigenvalue weighted by Crippen LogP contribution is -2.22. The Balaban J connectivity index is 1.72. The molecule has 3 rings (SSSR count). The number of nitrogens with zero attached hydrogens (tertiary/aromatic N) is 2. The fourth-order valence-corrected chi connectivity index (χ4v) is 4.12. The molecule has 0 bridgehead atoms. The first-order chi connectivity index (χ1) is 15.9. The van der Waals surface area contributed by atoms with Gasteiger partial charge in [0, 0.05) is 12.3 Å². The summed E-state index contributed by atoms with van der Waals surface area (Å²) in [4.78, 5) is 30.8. The Morgan fingerprint density at radius 2 is 1.88 bits per heavy atom. The minimum Gasteiger partial charge on any atom is -0.490 e. The predicted octanol–water partition coefficient (Wildman–Crippen LogP) is 6.03. The first kappa shape index (κ1) is 24.5. The van der Waals surface area contributed by atoms with Crippen LogP contribution in [0.15, 0.2) is 47.8 Å². The number of rotatable bonds is 10. The first-order valence-electron chi connectivity index (χ1n) is 10.5. The highest BCUT2D eigenvalue weighted by Gasteiger charge is 2.20. The monoisotopic (exact) mass is 488 g/mol. The van der Waals surface area contributed by atoms with Crippen molar-refractivity contribution in [1.29, 1.82) is 0 Å². The normalized spacial score (nSPS) is 10.5. The Kier molecular flexibility index (Phi) is 8.68. The third-order valence-electron chi connectivity index (χ3n) is 4.41. The smallest absolute Gasteiger partial charge is 0.338 e. The molecule has 2 aromatic carbocycles. The van der Waals surface area contributed by atoms with Gasteiger partial charge in [0.1, 0.15) is 6.61 Å². The number of carbonyl (C=O) groups excluding carboxylic acids is 2. The van der Waals surface area contributed by atoms with E-state index in [2.05, 4.69) is 4.98 Å². The van der Waals surface area contributed by atoms with Crippen LogP contribution in [-0.2, 0) is 16.1 Å². The second-order valence-corrected chi connectivity index (χ2v) is 8.20. The lowest BCUT2D eigenvalue weighted by molar-refractivity contribution is -0.115. The maximum atomic E-state index is 12.7. The van der Waals surface area contributed by atoms with Crippen molar-refractivity contribution in [2.24, 2.45) is 0 Å². The number of aromatic nitrogens is 1. The fraction of sp³-hybridized carbons (Fsp3) is 0.292. The number of hydrogen-bond acceptors (Lipinski definition) is 7. The summed E-state index contributed by atoms with van der Waals surface area (Å²) in [5.41, 5.74) is 1.49. The summed E-state index contributed by atoms with van der Waals surface area (Å²) in [5, 5.41) is 2.53. The van der Waals surface area contributed by atoms with E-state index in [-0.39, 0.29) is 23.1 Å². The molecular weight excluding hydrogens is 464 g/mol. The minimum absolute atomic E-state index is 0.0501. The van der Waals surface area contributed by atoms with E-state index in [1.54, 1.807) is 11.4 Å². The van der Waals surface area contributed by atoms with Crippen molar-refractivity contribution < 1.29 is 23.8 Å². The summed E-state index contributed by atoms with van der Waals surface area (Å²) in [7, 11) is 0. The molecule has 0 aliphatic heterocycles. The number of amides is 1. The van der Waals surface area contributed by atoms with Crippen molar-refractivity contribution >= 4 is 45.6 Å². The molecule has 0 N–H and O–H groups in total. The van der Waals surface area contributed by atoms with Gasteiger partial charge < -0.3 is 14.2 Å². The topological polar surface area (TPSA) is 78.0 Å². The largest absolute Gasteiger partial charge is 0.490 e. The number of carbonyl (C=O) groups is 2. The molecule has 0 spiro atoms. The lowest BCUT2D eigenvalue weighted by atomic mass is 10.2. The lowest BCUT2D eigenvalue weighted by Gasteiger charge is -2.17. The van der Waals surface area contributed by atoms with Gasteiger partial charge in [-0.25, -0.2) is 9.78 Å². The zero-order valence-corrected chi connectivity index (χ0v) is 20.2. The number of para-hydroxylation sites is 1. The standard InChI is InChI=1S/C24H25ClN2O5S/c1-4-11-31-22-20(25)12-17(13-21(22)30-5-2)23(29)32-14-18-15-33-24(26-18)27(16(3)28)19-9-7-6-8-10-19/h6-10,12-13,15H,4-5,11,14H2,1-3H3. The quantitative estimate of drug-likeness (QED) is 0.324. The maximum absolute atomic E-state index is 12.7. The highest BCUT2D eigenvalue weighted by Crippen LogP contribution is 2.37. The van der Waals surface area contributed by atoms with Crippen molar-refractivity contribution in [2.45, 2.75) is 33.8 Å². The maximum Gasteiger partial charge on any atom is 0.338 e. The van der Waals surface area contributed by atoms with Gasteiger partial charge in [0.15, 0.2) is 16.6 Å². The van der Waals surface area contributed by atoms with Crippen LogP contribution in [0, 0.1) is 0 Å². The Hall–Kier alpha value is -3.10.